The minimum absolute atomic E-state index is 0.419. The summed E-state index contributed by atoms with van der Waals surface area (Å²) in [4.78, 5) is 0. The van der Waals surface area contributed by atoms with Crippen LogP contribution >= 0.6 is 35.0 Å². The van der Waals surface area contributed by atoms with Crippen molar-refractivity contribution in [2.24, 2.45) is 0 Å². The second-order valence-electron chi connectivity index (χ2n) is 2.56. The van der Waals surface area contributed by atoms with Crippen molar-refractivity contribution in [1.29, 1.82) is 0 Å². The lowest BCUT2D eigenvalue weighted by Crippen LogP contribution is -2.28. The minimum Gasteiger partial charge on any atom is -0.169 e. The molecule has 0 bridgehead atoms. The van der Waals surface area contributed by atoms with Crippen LogP contribution in [0.2, 0.25) is 0 Å². The maximum Gasteiger partial charge on any atom is 0.405 e. The fourth-order valence-corrected chi connectivity index (χ4v) is 1.93. The Kier molecular flexibility index (Phi) is 5.92. The average Bonchev–Trinajstić information content (AvgIpc) is 2.00. The van der Waals surface area contributed by atoms with Crippen LogP contribution in [0.25, 0.3) is 0 Å². The van der Waals surface area contributed by atoms with Crippen LogP contribution in [0, 0.1) is 0 Å². The van der Waals surface area contributed by atoms with Crippen molar-refractivity contribution in [2.75, 3.05) is 11.5 Å². The Bertz CT molecular complexity index is 171. The highest BCUT2D eigenvalue weighted by Gasteiger charge is 2.40. The molecule has 0 rings (SSSR count). The lowest BCUT2D eigenvalue weighted by atomic mass is 10.5. The molecule has 0 aliphatic rings. The van der Waals surface area contributed by atoms with Gasteiger partial charge in [0.2, 0.25) is 0 Å². The summed E-state index contributed by atoms with van der Waals surface area (Å²) in [5.41, 5.74) is 0. The highest BCUT2D eigenvalue weighted by molar-refractivity contribution is 7.99. The first kappa shape index (κ1) is 15.5. The van der Waals surface area contributed by atoms with Gasteiger partial charge in [-0.3, -0.25) is 0 Å². The molecule has 0 heterocycles. The van der Waals surface area contributed by atoms with E-state index in [0.29, 0.717) is 11.8 Å². The summed E-state index contributed by atoms with van der Waals surface area (Å²) in [6.45, 7) is 0. The average molecular weight is 295 g/mol. The number of alkyl halides is 8. The summed E-state index contributed by atoms with van der Waals surface area (Å²) in [5.74, 6) is -1.30. The van der Waals surface area contributed by atoms with Gasteiger partial charge in [0.1, 0.15) is 10.8 Å². The molecule has 0 aliphatic heterocycles. The van der Waals surface area contributed by atoms with E-state index in [2.05, 4.69) is 0 Å². The molecule has 0 saturated heterocycles. The molecule has 0 aromatic carbocycles. The highest BCUT2D eigenvalue weighted by Crippen LogP contribution is 2.31. The van der Waals surface area contributed by atoms with Crippen LogP contribution in [0.1, 0.15) is 0 Å². The van der Waals surface area contributed by atoms with Gasteiger partial charge < -0.3 is 0 Å². The summed E-state index contributed by atoms with van der Waals surface area (Å²) in [7, 11) is 0. The molecule has 92 valence electrons. The van der Waals surface area contributed by atoms with E-state index in [9.17, 15) is 26.3 Å². The standard InChI is InChI=1S/C6H6Cl2F6S/c7-3(5(9,10)11)1-15-2-4(8)6(12,13)14/h3-4H,1-2H2. The molecule has 0 radical (unpaired) electrons. The molecule has 2 atom stereocenters. The van der Waals surface area contributed by atoms with Gasteiger partial charge in [-0.2, -0.15) is 38.1 Å². The third-order valence-corrected chi connectivity index (χ3v) is 3.55. The normalized spacial score (nSPS) is 17.6. The summed E-state index contributed by atoms with van der Waals surface area (Å²) in [5, 5.41) is -4.31. The van der Waals surface area contributed by atoms with Crippen molar-refractivity contribution >= 4 is 35.0 Å². The Hall–Kier alpha value is 0.510. The molecule has 0 N–H and O–H groups in total. The van der Waals surface area contributed by atoms with Gasteiger partial charge in [0.25, 0.3) is 0 Å². The van der Waals surface area contributed by atoms with Gasteiger partial charge in [-0.25, -0.2) is 0 Å². The number of hydrogen-bond donors (Lipinski definition) is 0. The molecule has 9 heteroatoms. The van der Waals surface area contributed by atoms with Gasteiger partial charge in [0, 0.05) is 11.5 Å². The Morgan fingerprint density at radius 1 is 0.800 bits per heavy atom. The van der Waals surface area contributed by atoms with E-state index in [4.69, 9.17) is 23.2 Å². The monoisotopic (exact) mass is 294 g/mol. The van der Waals surface area contributed by atoms with Gasteiger partial charge in [0.15, 0.2) is 0 Å². The van der Waals surface area contributed by atoms with Gasteiger partial charge >= 0.3 is 12.4 Å². The third-order valence-electron chi connectivity index (χ3n) is 1.24. The van der Waals surface area contributed by atoms with Crippen LogP contribution in [0.3, 0.4) is 0 Å². The van der Waals surface area contributed by atoms with E-state index in [-0.39, 0.29) is 0 Å². The highest BCUT2D eigenvalue weighted by atomic mass is 35.5. The van der Waals surface area contributed by atoms with E-state index in [1.807, 2.05) is 0 Å². The van der Waals surface area contributed by atoms with E-state index >= 15 is 0 Å². The molecule has 0 fully saturated rings. The summed E-state index contributed by atoms with van der Waals surface area (Å²) < 4.78 is 70.8. The SMILES string of the molecule is FC(F)(F)C(Cl)CSCC(Cl)C(F)(F)F. The van der Waals surface area contributed by atoms with Crippen molar-refractivity contribution in [2.45, 2.75) is 23.1 Å². The van der Waals surface area contributed by atoms with Crippen molar-refractivity contribution < 1.29 is 26.3 Å². The maximum atomic E-state index is 11.8. The molecule has 0 saturated carbocycles. The predicted octanol–water partition coefficient (Wildman–Crippen LogP) is 4.06. The fourth-order valence-electron chi connectivity index (χ4n) is 0.464. The molecule has 0 aliphatic carbocycles. The molecular weight excluding hydrogens is 289 g/mol. The van der Waals surface area contributed by atoms with Crippen LogP contribution in [0.4, 0.5) is 26.3 Å². The van der Waals surface area contributed by atoms with Crippen LogP contribution in [-0.2, 0) is 0 Å². The number of halogens is 8. The lowest BCUT2D eigenvalue weighted by Gasteiger charge is -2.15. The quantitative estimate of drug-likeness (QED) is 0.557. The fraction of sp³-hybridized carbons (Fsp3) is 1.00. The summed E-state index contributed by atoms with van der Waals surface area (Å²) in [6, 6.07) is 0. The maximum absolute atomic E-state index is 11.8. The number of thioether (sulfide) groups is 1. The second-order valence-corrected chi connectivity index (χ2v) is 4.68. The van der Waals surface area contributed by atoms with E-state index in [0.717, 1.165) is 0 Å². The zero-order valence-electron chi connectivity index (χ0n) is 7.00. The number of hydrogen-bond acceptors (Lipinski definition) is 1. The second kappa shape index (κ2) is 5.72. The van der Waals surface area contributed by atoms with Crippen molar-refractivity contribution in [3.05, 3.63) is 0 Å². The molecule has 0 nitrogen and oxygen atoms in total. The lowest BCUT2D eigenvalue weighted by molar-refractivity contribution is -0.126. The first-order chi connectivity index (χ1) is 6.55. The van der Waals surface area contributed by atoms with Crippen LogP contribution in [0.15, 0.2) is 0 Å². The van der Waals surface area contributed by atoms with Gasteiger partial charge in [-0.05, 0) is 0 Å². The van der Waals surface area contributed by atoms with Gasteiger partial charge in [0.05, 0.1) is 0 Å². The molecule has 0 spiro atoms. The first-order valence-corrected chi connectivity index (χ1v) is 5.57. The largest absolute Gasteiger partial charge is 0.405 e. The van der Waals surface area contributed by atoms with E-state index < -0.39 is 34.6 Å². The zero-order chi connectivity index (χ0) is 12.3. The topological polar surface area (TPSA) is 0 Å². The summed E-state index contributed by atoms with van der Waals surface area (Å²) >= 11 is 10.2. The molecule has 0 aromatic rings. The Balaban J connectivity index is 3.81. The Morgan fingerprint density at radius 2 is 1.07 bits per heavy atom. The van der Waals surface area contributed by atoms with Gasteiger partial charge in [-0.15, -0.1) is 23.2 Å². The van der Waals surface area contributed by atoms with E-state index in [1.165, 1.54) is 0 Å². The van der Waals surface area contributed by atoms with Crippen LogP contribution in [0.5, 0.6) is 0 Å². The van der Waals surface area contributed by atoms with E-state index in [1.54, 1.807) is 0 Å². The third kappa shape index (κ3) is 6.63. The first-order valence-electron chi connectivity index (χ1n) is 3.54. The van der Waals surface area contributed by atoms with Gasteiger partial charge in [-0.1, -0.05) is 0 Å². The smallest absolute Gasteiger partial charge is 0.169 e. The van der Waals surface area contributed by atoms with Crippen LogP contribution in [-0.4, -0.2) is 34.6 Å². The molecule has 0 amide bonds. The van der Waals surface area contributed by atoms with Crippen molar-refractivity contribution in [3.8, 4) is 0 Å². The molecule has 0 aromatic heterocycles. The molecular formula is C6H6Cl2F6S. The number of rotatable bonds is 4. The van der Waals surface area contributed by atoms with Crippen LogP contribution < -0.4 is 0 Å². The summed E-state index contributed by atoms with van der Waals surface area (Å²) in [6.07, 6.45) is -9.21. The zero-order valence-corrected chi connectivity index (χ0v) is 9.33. The molecule has 2 unspecified atom stereocenters. The molecule has 15 heavy (non-hydrogen) atoms. The Labute approximate surface area is 96.3 Å². The minimum atomic E-state index is -4.60. The Morgan fingerprint density at radius 3 is 1.27 bits per heavy atom. The van der Waals surface area contributed by atoms with Crippen molar-refractivity contribution in [1.82, 2.24) is 0 Å². The van der Waals surface area contributed by atoms with Crippen molar-refractivity contribution in [3.63, 3.8) is 0 Å². The predicted molar refractivity (Wildman–Crippen MR) is 48.7 cm³/mol.